The van der Waals surface area contributed by atoms with E-state index in [1.165, 1.54) is 11.3 Å². The molecular weight excluding hydrogens is 356 g/mol. The predicted molar refractivity (Wildman–Crippen MR) is 108 cm³/mol. The third-order valence-corrected chi connectivity index (χ3v) is 4.74. The summed E-state index contributed by atoms with van der Waals surface area (Å²) >= 11 is 1.54. The van der Waals surface area contributed by atoms with E-state index in [1.54, 1.807) is 12.4 Å². The molecule has 5 nitrogen and oxygen atoms in total. The van der Waals surface area contributed by atoms with Gasteiger partial charge in [-0.2, -0.15) is 0 Å². The van der Waals surface area contributed by atoms with E-state index in [9.17, 15) is 0 Å². The minimum atomic E-state index is 0.652. The molecule has 6 heteroatoms. The van der Waals surface area contributed by atoms with Gasteiger partial charge >= 0.3 is 0 Å². The summed E-state index contributed by atoms with van der Waals surface area (Å²) in [6.07, 6.45) is 5.33. The SMILES string of the molecule is Cc1nc(-c2ccccc2)c(Oc2ccnc(NCc3cccnc3)c2)s1. The highest BCUT2D eigenvalue weighted by molar-refractivity contribution is 7.13. The second-order valence-corrected chi connectivity index (χ2v) is 7.09. The van der Waals surface area contributed by atoms with Crippen molar-refractivity contribution >= 4 is 17.2 Å². The van der Waals surface area contributed by atoms with E-state index in [0.29, 0.717) is 6.54 Å². The van der Waals surface area contributed by atoms with Crippen molar-refractivity contribution in [3.05, 3.63) is 83.8 Å². The van der Waals surface area contributed by atoms with Crippen LogP contribution in [0.25, 0.3) is 11.3 Å². The average molecular weight is 374 g/mol. The van der Waals surface area contributed by atoms with Crippen LogP contribution in [0, 0.1) is 6.92 Å². The molecule has 1 N–H and O–H groups in total. The molecular formula is C21H18N4OS. The van der Waals surface area contributed by atoms with Crippen LogP contribution < -0.4 is 10.1 Å². The largest absolute Gasteiger partial charge is 0.444 e. The molecule has 3 aromatic heterocycles. The molecule has 4 aromatic rings. The fourth-order valence-corrected chi connectivity index (χ4v) is 3.43. The van der Waals surface area contributed by atoms with Gasteiger partial charge in [-0.3, -0.25) is 4.98 Å². The first kappa shape index (κ1) is 17.2. The normalized spacial score (nSPS) is 10.6. The summed E-state index contributed by atoms with van der Waals surface area (Å²) in [6.45, 7) is 2.64. The zero-order valence-electron chi connectivity index (χ0n) is 14.8. The van der Waals surface area contributed by atoms with Crippen LogP contribution in [0.5, 0.6) is 10.8 Å². The molecule has 3 heterocycles. The fraction of sp³-hybridized carbons (Fsp3) is 0.0952. The number of thiazole rings is 1. The van der Waals surface area contributed by atoms with E-state index in [0.717, 1.165) is 38.5 Å². The number of aryl methyl sites for hydroxylation is 1. The summed E-state index contributed by atoms with van der Waals surface area (Å²) in [4.78, 5) is 13.1. The maximum atomic E-state index is 6.14. The second kappa shape index (κ2) is 7.97. The van der Waals surface area contributed by atoms with Crippen LogP contribution in [0.15, 0.2) is 73.2 Å². The molecule has 27 heavy (non-hydrogen) atoms. The minimum Gasteiger partial charge on any atom is -0.444 e. The standard InChI is InChI=1S/C21H18N4OS/c1-15-25-20(17-7-3-2-4-8-17)21(27-15)26-18-9-11-23-19(12-18)24-14-16-6-5-10-22-13-16/h2-13H,14H2,1H3,(H,23,24). The summed E-state index contributed by atoms with van der Waals surface area (Å²) in [6, 6.07) is 17.7. The zero-order chi connectivity index (χ0) is 18.5. The molecule has 0 spiro atoms. The first-order valence-corrected chi connectivity index (χ1v) is 9.39. The van der Waals surface area contributed by atoms with Gasteiger partial charge < -0.3 is 10.1 Å². The van der Waals surface area contributed by atoms with Crippen LogP contribution in [-0.4, -0.2) is 15.0 Å². The Hall–Kier alpha value is -3.25. The van der Waals surface area contributed by atoms with E-state index < -0.39 is 0 Å². The van der Waals surface area contributed by atoms with Crippen molar-refractivity contribution in [2.45, 2.75) is 13.5 Å². The highest BCUT2D eigenvalue weighted by Crippen LogP contribution is 2.38. The first-order chi connectivity index (χ1) is 13.3. The van der Waals surface area contributed by atoms with Crippen molar-refractivity contribution in [1.29, 1.82) is 0 Å². The number of rotatable bonds is 6. The van der Waals surface area contributed by atoms with Crippen molar-refractivity contribution in [3.63, 3.8) is 0 Å². The molecule has 0 aliphatic rings. The van der Waals surface area contributed by atoms with Gasteiger partial charge in [-0.05, 0) is 24.6 Å². The molecule has 0 amide bonds. The highest BCUT2D eigenvalue weighted by atomic mass is 32.1. The Morgan fingerprint density at radius 2 is 1.93 bits per heavy atom. The molecule has 0 unspecified atom stereocenters. The molecule has 4 rings (SSSR count). The number of benzene rings is 1. The van der Waals surface area contributed by atoms with Crippen LogP contribution in [0.2, 0.25) is 0 Å². The van der Waals surface area contributed by atoms with E-state index in [4.69, 9.17) is 4.74 Å². The summed E-state index contributed by atoms with van der Waals surface area (Å²) in [7, 11) is 0. The van der Waals surface area contributed by atoms with Crippen molar-refractivity contribution < 1.29 is 4.74 Å². The van der Waals surface area contributed by atoms with Crippen LogP contribution >= 0.6 is 11.3 Å². The lowest BCUT2D eigenvalue weighted by Crippen LogP contribution is -2.01. The van der Waals surface area contributed by atoms with Crippen molar-refractivity contribution in [2.24, 2.45) is 0 Å². The Bertz CT molecular complexity index is 1020. The lowest BCUT2D eigenvalue weighted by molar-refractivity contribution is 0.496. The van der Waals surface area contributed by atoms with E-state index >= 15 is 0 Å². The summed E-state index contributed by atoms with van der Waals surface area (Å²) < 4.78 is 6.14. The smallest absolute Gasteiger partial charge is 0.208 e. The van der Waals surface area contributed by atoms with Gasteiger partial charge in [-0.15, -0.1) is 0 Å². The zero-order valence-corrected chi connectivity index (χ0v) is 15.6. The average Bonchev–Trinajstić information content (AvgIpc) is 3.08. The number of aromatic nitrogens is 3. The molecule has 0 fully saturated rings. The number of hydrogen-bond acceptors (Lipinski definition) is 6. The molecule has 0 radical (unpaired) electrons. The van der Waals surface area contributed by atoms with Gasteiger partial charge in [0.25, 0.3) is 0 Å². The molecule has 0 aliphatic heterocycles. The third kappa shape index (κ3) is 4.30. The minimum absolute atomic E-state index is 0.652. The van der Waals surface area contributed by atoms with Gasteiger partial charge in [0, 0.05) is 36.8 Å². The first-order valence-electron chi connectivity index (χ1n) is 8.57. The van der Waals surface area contributed by atoms with Crippen LogP contribution in [0.4, 0.5) is 5.82 Å². The number of anilines is 1. The topological polar surface area (TPSA) is 59.9 Å². The van der Waals surface area contributed by atoms with Gasteiger partial charge in [-0.1, -0.05) is 47.7 Å². The maximum Gasteiger partial charge on any atom is 0.208 e. The lowest BCUT2D eigenvalue weighted by Gasteiger charge is -2.09. The second-order valence-electron chi connectivity index (χ2n) is 5.93. The molecule has 1 aromatic carbocycles. The maximum absolute atomic E-state index is 6.14. The predicted octanol–water partition coefficient (Wildman–Crippen LogP) is 5.31. The molecule has 0 aliphatic carbocycles. The van der Waals surface area contributed by atoms with Crippen molar-refractivity contribution in [1.82, 2.24) is 15.0 Å². The third-order valence-electron chi connectivity index (χ3n) is 3.89. The Morgan fingerprint density at radius 3 is 2.74 bits per heavy atom. The van der Waals surface area contributed by atoms with Crippen molar-refractivity contribution in [3.8, 4) is 22.1 Å². The number of ether oxygens (including phenoxy) is 1. The monoisotopic (exact) mass is 374 g/mol. The Balaban J connectivity index is 1.52. The molecule has 0 bridgehead atoms. The van der Waals surface area contributed by atoms with Gasteiger partial charge in [0.05, 0.1) is 5.01 Å². The van der Waals surface area contributed by atoms with Crippen molar-refractivity contribution in [2.75, 3.05) is 5.32 Å². The Kier molecular flexibility index (Phi) is 5.07. The molecule has 0 atom stereocenters. The lowest BCUT2D eigenvalue weighted by atomic mass is 10.2. The van der Waals surface area contributed by atoms with E-state index in [-0.39, 0.29) is 0 Å². The highest BCUT2D eigenvalue weighted by Gasteiger charge is 2.13. The molecule has 0 saturated carbocycles. The number of nitrogens with one attached hydrogen (secondary N) is 1. The van der Waals surface area contributed by atoms with Gasteiger partial charge in [-0.25, -0.2) is 9.97 Å². The number of pyridine rings is 2. The summed E-state index contributed by atoms with van der Waals surface area (Å²) in [5.74, 6) is 1.47. The van der Waals surface area contributed by atoms with Crippen LogP contribution in [-0.2, 0) is 6.54 Å². The number of nitrogens with zero attached hydrogens (tertiary/aromatic N) is 3. The van der Waals surface area contributed by atoms with Crippen LogP contribution in [0.1, 0.15) is 10.6 Å². The van der Waals surface area contributed by atoms with Crippen LogP contribution in [0.3, 0.4) is 0 Å². The fourth-order valence-electron chi connectivity index (χ4n) is 2.63. The van der Waals surface area contributed by atoms with Gasteiger partial charge in [0.15, 0.2) is 0 Å². The molecule has 134 valence electrons. The quantitative estimate of drug-likeness (QED) is 0.495. The van der Waals surface area contributed by atoms with E-state index in [1.807, 2.05) is 67.7 Å². The molecule has 0 saturated heterocycles. The summed E-state index contributed by atoms with van der Waals surface area (Å²) in [5.41, 5.74) is 3.00. The van der Waals surface area contributed by atoms with Gasteiger partial charge in [0.2, 0.25) is 5.06 Å². The Morgan fingerprint density at radius 1 is 1.04 bits per heavy atom. The van der Waals surface area contributed by atoms with E-state index in [2.05, 4.69) is 20.3 Å². The van der Waals surface area contributed by atoms with Gasteiger partial charge in [0.1, 0.15) is 17.3 Å². The number of hydrogen-bond donors (Lipinski definition) is 1. The summed E-state index contributed by atoms with van der Waals surface area (Å²) in [5, 5.41) is 5.04. The Labute approximate surface area is 161 Å².